The number of aromatic nitrogens is 2. The maximum atomic E-state index is 12.0. The van der Waals surface area contributed by atoms with Gasteiger partial charge in [0, 0.05) is 17.7 Å². The molecule has 5 heteroatoms. The number of carbonyl (C=O) groups excluding carboxylic acids is 1. The van der Waals surface area contributed by atoms with Gasteiger partial charge in [-0.05, 0) is 30.2 Å². The highest BCUT2D eigenvalue weighted by Crippen LogP contribution is 2.16. The molecule has 2 aromatic rings. The summed E-state index contributed by atoms with van der Waals surface area (Å²) in [5.41, 5.74) is 1.44. The lowest BCUT2D eigenvalue weighted by molar-refractivity contribution is 0.0946. The molecule has 0 spiro atoms. The molecule has 2 rings (SSSR count). The van der Waals surface area contributed by atoms with Gasteiger partial charge in [-0.25, -0.2) is 0 Å². The second-order valence-electron chi connectivity index (χ2n) is 4.71. The normalized spacial score (nSPS) is 10.8. The molecule has 0 unspecified atom stereocenters. The van der Waals surface area contributed by atoms with Gasteiger partial charge in [0.25, 0.3) is 5.91 Å². The topological polar surface area (TPSA) is 68.0 Å². The molecule has 0 aliphatic heterocycles. The van der Waals surface area contributed by atoms with Crippen molar-refractivity contribution in [2.45, 2.75) is 26.7 Å². The van der Waals surface area contributed by atoms with Crippen LogP contribution in [0.3, 0.4) is 0 Å². The maximum Gasteiger partial charge on any atom is 0.251 e. The number of nitrogens with zero attached hydrogens (tertiary/aromatic N) is 2. The molecule has 0 saturated heterocycles. The van der Waals surface area contributed by atoms with Crippen molar-refractivity contribution in [3.05, 3.63) is 36.2 Å². The van der Waals surface area contributed by atoms with E-state index in [2.05, 4.69) is 29.4 Å². The quantitative estimate of drug-likeness (QED) is 0.878. The summed E-state index contributed by atoms with van der Waals surface area (Å²) >= 11 is 0. The van der Waals surface area contributed by atoms with E-state index in [-0.39, 0.29) is 5.91 Å². The van der Waals surface area contributed by atoms with Crippen LogP contribution in [0.25, 0.3) is 11.5 Å². The van der Waals surface area contributed by atoms with Crippen molar-refractivity contribution in [2.24, 2.45) is 5.92 Å². The number of rotatable bonds is 6. The minimum Gasteiger partial charge on any atom is -0.423 e. The van der Waals surface area contributed by atoms with Crippen LogP contribution in [0.1, 0.15) is 37.0 Å². The summed E-state index contributed by atoms with van der Waals surface area (Å²) in [6.45, 7) is 5.00. The Balaban J connectivity index is 1.97. The molecular formula is C15H19N3O2. The number of hydrogen-bond acceptors (Lipinski definition) is 4. The molecule has 0 aliphatic carbocycles. The van der Waals surface area contributed by atoms with Crippen molar-refractivity contribution in [1.82, 2.24) is 15.5 Å². The first-order chi connectivity index (χ1) is 9.74. The lowest BCUT2D eigenvalue weighted by atomic mass is 10.0. The first-order valence-electron chi connectivity index (χ1n) is 6.89. The van der Waals surface area contributed by atoms with E-state index in [4.69, 9.17) is 4.42 Å². The highest BCUT2D eigenvalue weighted by Gasteiger charge is 2.10. The van der Waals surface area contributed by atoms with Crippen LogP contribution in [-0.2, 0) is 0 Å². The Labute approximate surface area is 118 Å². The van der Waals surface area contributed by atoms with Gasteiger partial charge in [-0.3, -0.25) is 4.79 Å². The van der Waals surface area contributed by atoms with Gasteiger partial charge in [-0.2, -0.15) is 0 Å². The van der Waals surface area contributed by atoms with E-state index in [1.807, 2.05) is 0 Å². The van der Waals surface area contributed by atoms with Crippen LogP contribution in [0.5, 0.6) is 0 Å². The van der Waals surface area contributed by atoms with Crippen molar-refractivity contribution < 1.29 is 9.21 Å². The van der Waals surface area contributed by atoms with Gasteiger partial charge in [0.1, 0.15) is 0 Å². The molecule has 0 fully saturated rings. The lowest BCUT2D eigenvalue weighted by Crippen LogP contribution is -2.28. The van der Waals surface area contributed by atoms with E-state index in [0.717, 1.165) is 24.9 Å². The summed E-state index contributed by atoms with van der Waals surface area (Å²) in [6, 6.07) is 7.14. The van der Waals surface area contributed by atoms with Crippen molar-refractivity contribution in [1.29, 1.82) is 0 Å². The predicted octanol–water partition coefficient (Wildman–Crippen LogP) is 2.90. The van der Waals surface area contributed by atoms with Gasteiger partial charge in [-0.1, -0.05) is 26.7 Å². The Kier molecular flexibility index (Phi) is 4.87. The van der Waals surface area contributed by atoms with Gasteiger partial charge < -0.3 is 9.73 Å². The third-order valence-electron chi connectivity index (χ3n) is 3.46. The summed E-state index contributed by atoms with van der Waals surface area (Å²) in [4.78, 5) is 12.0. The van der Waals surface area contributed by atoms with E-state index in [9.17, 15) is 4.79 Å². The first kappa shape index (κ1) is 14.2. The second-order valence-corrected chi connectivity index (χ2v) is 4.71. The molecule has 1 N–H and O–H groups in total. The van der Waals surface area contributed by atoms with Crippen LogP contribution in [0.2, 0.25) is 0 Å². The van der Waals surface area contributed by atoms with Gasteiger partial charge in [0.05, 0.1) is 0 Å². The molecule has 1 heterocycles. The molecule has 0 atom stereocenters. The molecule has 0 aliphatic rings. The highest BCUT2D eigenvalue weighted by atomic mass is 16.4. The number of hydrogen-bond donors (Lipinski definition) is 1. The van der Waals surface area contributed by atoms with Crippen LogP contribution in [0, 0.1) is 5.92 Å². The average molecular weight is 273 g/mol. The minimum atomic E-state index is -0.0472. The molecule has 0 saturated carbocycles. The summed E-state index contributed by atoms with van der Waals surface area (Å²) in [6.07, 6.45) is 3.44. The van der Waals surface area contributed by atoms with E-state index in [1.54, 1.807) is 24.3 Å². The van der Waals surface area contributed by atoms with E-state index in [1.165, 1.54) is 6.39 Å². The summed E-state index contributed by atoms with van der Waals surface area (Å²) in [5.74, 6) is 0.944. The Bertz CT molecular complexity index is 531. The predicted molar refractivity (Wildman–Crippen MR) is 76.1 cm³/mol. The number of nitrogens with one attached hydrogen (secondary N) is 1. The first-order valence-corrected chi connectivity index (χ1v) is 6.89. The zero-order valence-electron chi connectivity index (χ0n) is 11.8. The van der Waals surface area contributed by atoms with Crippen LogP contribution >= 0.6 is 0 Å². The largest absolute Gasteiger partial charge is 0.423 e. The SMILES string of the molecule is CCC(CC)CNC(=O)c1ccc(-c2nnco2)cc1. The standard InChI is InChI=1S/C15H19N3O2/c1-3-11(4-2)9-16-14(19)12-5-7-13(8-6-12)15-18-17-10-20-15/h5-8,10-11H,3-4,9H2,1-2H3,(H,16,19). The van der Waals surface area contributed by atoms with E-state index in [0.29, 0.717) is 17.4 Å². The lowest BCUT2D eigenvalue weighted by Gasteiger charge is -2.13. The second kappa shape index (κ2) is 6.84. The van der Waals surface area contributed by atoms with E-state index < -0.39 is 0 Å². The molecule has 0 bridgehead atoms. The monoisotopic (exact) mass is 273 g/mol. The van der Waals surface area contributed by atoms with E-state index >= 15 is 0 Å². The molecule has 1 aromatic carbocycles. The number of benzene rings is 1. The molecule has 1 aromatic heterocycles. The third kappa shape index (κ3) is 3.44. The van der Waals surface area contributed by atoms with Crippen LogP contribution in [-0.4, -0.2) is 22.6 Å². The molecular weight excluding hydrogens is 254 g/mol. The fourth-order valence-electron chi connectivity index (χ4n) is 1.98. The minimum absolute atomic E-state index is 0.0472. The zero-order valence-corrected chi connectivity index (χ0v) is 11.8. The van der Waals surface area contributed by atoms with Gasteiger partial charge in [0.15, 0.2) is 0 Å². The molecule has 0 radical (unpaired) electrons. The zero-order chi connectivity index (χ0) is 14.4. The Morgan fingerprint density at radius 2 is 1.95 bits per heavy atom. The molecule has 1 amide bonds. The summed E-state index contributed by atoms with van der Waals surface area (Å²) < 4.78 is 5.11. The van der Waals surface area contributed by atoms with Crippen LogP contribution < -0.4 is 5.32 Å². The van der Waals surface area contributed by atoms with Gasteiger partial charge in [-0.15, -0.1) is 10.2 Å². The summed E-state index contributed by atoms with van der Waals surface area (Å²) in [5, 5.41) is 10.4. The Hall–Kier alpha value is -2.17. The van der Waals surface area contributed by atoms with Crippen molar-refractivity contribution in [2.75, 3.05) is 6.54 Å². The fourth-order valence-corrected chi connectivity index (χ4v) is 1.98. The van der Waals surface area contributed by atoms with Crippen LogP contribution in [0.4, 0.5) is 0 Å². The maximum absolute atomic E-state index is 12.0. The number of carbonyl (C=O) groups is 1. The fraction of sp³-hybridized carbons (Fsp3) is 0.400. The van der Waals surface area contributed by atoms with Crippen LogP contribution in [0.15, 0.2) is 35.1 Å². The molecule has 20 heavy (non-hydrogen) atoms. The molecule has 5 nitrogen and oxygen atoms in total. The van der Waals surface area contributed by atoms with Crippen molar-refractivity contribution >= 4 is 5.91 Å². The smallest absolute Gasteiger partial charge is 0.251 e. The Morgan fingerprint density at radius 3 is 2.50 bits per heavy atom. The third-order valence-corrected chi connectivity index (χ3v) is 3.46. The molecule has 106 valence electrons. The summed E-state index contributed by atoms with van der Waals surface area (Å²) in [7, 11) is 0. The highest BCUT2D eigenvalue weighted by molar-refractivity contribution is 5.94. The number of amides is 1. The average Bonchev–Trinajstić information content (AvgIpc) is 3.02. The van der Waals surface area contributed by atoms with Gasteiger partial charge in [0.2, 0.25) is 12.3 Å². The Morgan fingerprint density at radius 1 is 1.25 bits per heavy atom. The van der Waals surface area contributed by atoms with Crippen molar-refractivity contribution in [3.63, 3.8) is 0 Å². The van der Waals surface area contributed by atoms with Gasteiger partial charge >= 0.3 is 0 Å². The van der Waals surface area contributed by atoms with Crippen molar-refractivity contribution in [3.8, 4) is 11.5 Å².